The van der Waals surface area contributed by atoms with Crippen LogP contribution in [0.2, 0.25) is 5.02 Å². The highest BCUT2D eigenvalue weighted by molar-refractivity contribution is 6.33. The van der Waals surface area contributed by atoms with Crippen LogP contribution in [0.5, 0.6) is 0 Å². The van der Waals surface area contributed by atoms with Crippen molar-refractivity contribution in [2.45, 2.75) is 6.92 Å². The highest BCUT2D eigenvalue weighted by atomic mass is 35.5. The summed E-state index contributed by atoms with van der Waals surface area (Å²) in [5, 5.41) is 4.93. The molecule has 0 spiro atoms. The Bertz CT molecular complexity index is 523. The predicted molar refractivity (Wildman–Crippen MR) is 71.5 cm³/mol. The summed E-state index contributed by atoms with van der Waals surface area (Å²) in [7, 11) is 0. The largest absolute Gasteiger partial charge is 0.277 e. The van der Waals surface area contributed by atoms with Crippen LogP contribution < -0.4 is 5.43 Å². The first kappa shape index (κ1) is 11.6. The van der Waals surface area contributed by atoms with Gasteiger partial charge < -0.3 is 0 Å². The molecule has 1 heterocycles. The van der Waals surface area contributed by atoms with E-state index in [9.17, 15) is 0 Å². The van der Waals surface area contributed by atoms with Gasteiger partial charge in [0.1, 0.15) is 0 Å². The summed E-state index contributed by atoms with van der Waals surface area (Å²) in [6, 6.07) is 11.3. The molecule has 0 fully saturated rings. The van der Waals surface area contributed by atoms with Crippen molar-refractivity contribution in [2.24, 2.45) is 5.10 Å². The molecule has 1 N–H and O–H groups in total. The molecule has 2 aromatic rings. The molecule has 86 valence electrons. The second-order valence-corrected chi connectivity index (χ2v) is 3.93. The smallest absolute Gasteiger partial charge is 0.0748 e. The van der Waals surface area contributed by atoms with Crippen LogP contribution in [0.4, 0.5) is 5.69 Å². The van der Waals surface area contributed by atoms with Crippen molar-refractivity contribution < 1.29 is 0 Å². The molecule has 1 aromatic heterocycles. The summed E-state index contributed by atoms with van der Waals surface area (Å²) in [6.45, 7) is 1.93. The van der Waals surface area contributed by atoms with Crippen molar-refractivity contribution in [2.75, 3.05) is 5.43 Å². The molecule has 0 aliphatic rings. The van der Waals surface area contributed by atoms with Crippen LogP contribution in [-0.2, 0) is 0 Å². The van der Waals surface area contributed by atoms with Crippen LogP contribution in [0.25, 0.3) is 0 Å². The molecule has 0 aliphatic heterocycles. The quantitative estimate of drug-likeness (QED) is 0.663. The van der Waals surface area contributed by atoms with Crippen molar-refractivity contribution in [3.8, 4) is 0 Å². The lowest BCUT2D eigenvalue weighted by molar-refractivity contribution is 1.29. The fraction of sp³-hybridized carbons (Fsp3) is 0.0769. The maximum absolute atomic E-state index is 6.01. The fourth-order valence-electron chi connectivity index (χ4n) is 1.35. The number of aromatic nitrogens is 1. The van der Waals surface area contributed by atoms with Crippen molar-refractivity contribution in [1.82, 2.24) is 4.98 Å². The number of halogens is 1. The molecule has 4 heteroatoms. The molecule has 0 unspecified atom stereocenters. The van der Waals surface area contributed by atoms with Gasteiger partial charge in [-0.1, -0.05) is 23.7 Å². The number of hydrogen-bond acceptors (Lipinski definition) is 3. The number of benzene rings is 1. The average Bonchev–Trinajstić information content (AvgIpc) is 2.38. The van der Waals surface area contributed by atoms with Gasteiger partial charge in [0, 0.05) is 18.0 Å². The number of pyridine rings is 1. The summed E-state index contributed by atoms with van der Waals surface area (Å²) in [5.74, 6) is 0. The van der Waals surface area contributed by atoms with Gasteiger partial charge in [-0.15, -0.1) is 0 Å². The number of rotatable bonds is 3. The highest BCUT2D eigenvalue weighted by Crippen LogP contribution is 2.20. The Morgan fingerprint density at radius 3 is 2.59 bits per heavy atom. The van der Waals surface area contributed by atoms with Gasteiger partial charge in [0.2, 0.25) is 0 Å². The minimum absolute atomic E-state index is 0.652. The van der Waals surface area contributed by atoms with E-state index in [-0.39, 0.29) is 0 Å². The second-order valence-electron chi connectivity index (χ2n) is 3.52. The summed E-state index contributed by atoms with van der Waals surface area (Å²) in [6.07, 6.45) is 3.48. The first-order chi connectivity index (χ1) is 8.27. The number of anilines is 1. The molecule has 3 nitrogen and oxygen atoms in total. The van der Waals surface area contributed by atoms with Gasteiger partial charge in [-0.25, -0.2) is 0 Å². The Morgan fingerprint density at radius 2 is 1.88 bits per heavy atom. The Kier molecular flexibility index (Phi) is 3.73. The lowest BCUT2D eigenvalue weighted by Gasteiger charge is -2.04. The van der Waals surface area contributed by atoms with Crippen molar-refractivity contribution in [1.29, 1.82) is 0 Å². The Hall–Kier alpha value is -1.87. The predicted octanol–water partition coefficient (Wildman–Crippen LogP) is 3.57. The van der Waals surface area contributed by atoms with Crippen LogP contribution >= 0.6 is 11.6 Å². The third-order valence-corrected chi connectivity index (χ3v) is 2.65. The van der Waals surface area contributed by atoms with Gasteiger partial charge in [0.05, 0.1) is 16.4 Å². The maximum Gasteiger partial charge on any atom is 0.0748 e. The fourth-order valence-corrected chi connectivity index (χ4v) is 1.53. The van der Waals surface area contributed by atoms with E-state index < -0.39 is 0 Å². The van der Waals surface area contributed by atoms with Crippen molar-refractivity contribution in [3.05, 3.63) is 59.4 Å². The normalized spacial score (nSPS) is 11.3. The monoisotopic (exact) mass is 245 g/mol. The third-order valence-electron chi connectivity index (χ3n) is 2.32. The van der Waals surface area contributed by atoms with Gasteiger partial charge >= 0.3 is 0 Å². The van der Waals surface area contributed by atoms with Crippen LogP contribution in [-0.4, -0.2) is 10.7 Å². The van der Waals surface area contributed by atoms with Crippen molar-refractivity contribution in [3.63, 3.8) is 0 Å². The van der Waals surface area contributed by atoms with E-state index in [1.165, 1.54) is 0 Å². The summed E-state index contributed by atoms with van der Waals surface area (Å²) in [5.41, 5.74) is 5.65. The molecule has 0 radical (unpaired) electrons. The Balaban J connectivity index is 2.14. The average molecular weight is 246 g/mol. The number of nitrogens with zero attached hydrogens (tertiary/aromatic N) is 2. The third kappa shape index (κ3) is 3.04. The zero-order valence-corrected chi connectivity index (χ0v) is 10.1. The van der Waals surface area contributed by atoms with Crippen LogP contribution in [0.15, 0.2) is 53.9 Å². The number of hydrazone groups is 1. The van der Waals surface area contributed by atoms with Crippen LogP contribution in [0.1, 0.15) is 12.5 Å². The maximum atomic E-state index is 6.01. The zero-order valence-electron chi connectivity index (χ0n) is 9.39. The lowest BCUT2D eigenvalue weighted by Crippen LogP contribution is -1.99. The number of para-hydroxylation sites is 1. The molecule has 0 amide bonds. The SMILES string of the molecule is CC(=NNc1ccccc1Cl)c1ccncc1. The van der Waals surface area contributed by atoms with Gasteiger partial charge in [-0.05, 0) is 31.2 Å². The van der Waals surface area contributed by atoms with E-state index in [1.54, 1.807) is 12.4 Å². The Morgan fingerprint density at radius 1 is 1.18 bits per heavy atom. The molecule has 17 heavy (non-hydrogen) atoms. The van der Waals surface area contributed by atoms with Crippen LogP contribution in [0.3, 0.4) is 0 Å². The van der Waals surface area contributed by atoms with Gasteiger partial charge in [-0.2, -0.15) is 5.10 Å². The van der Waals surface area contributed by atoms with E-state index in [4.69, 9.17) is 11.6 Å². The highest BCUT2D eigenvalue weighted by Gasteiger charge is 1.98. The van der Waals surface area contributed by atoms with Gasteiger partial charge in [0.25, 0.3) is 0 Å². The van der Waals surface area contributed by atoms with Crippen LogP contribution in [0, 0.1) is 0 Å². The molecule has 2 rings (SSSR count). The van der Waals surface area contributed by atoms with E-state index >= 15 is 0 Å². The topological polar surface area (TPSA) is 37.3 Å². The second kappa shape index (κ2) is 5.46. The molecular weight excluding hydrogens is 234 g/mol. The van der Waals surface area contributed by atoms with E-state index in [0.29, 0.717) is 5.02 Å². The standard InChI is InChI=1S/C13H12ClN3/c1-10(11-6-8-15-9-7-11)16-17-13-5-3-2-4-12(13)14/h2-9,17H,1H3. The van der Waals surface area contributed by atoms with E-state index in [0.717, 1.165) is 17.0 Å². The molecule has 0 atom stereocenters. The lowest BCUT2D eigenvalue weighted by atomic mass is 10.2. The minimum atomic E-state index is 0.652. The van der Waals surface area contributed by atoms with Gasteiger partial charge in [-0.3, -0.25) is 10.4 Å². The number of hydrogen-bond donors (Lipinski definition) is 1. The summed E-state index contributed by atoms with van der Waals surface area (Å²) < 4.78 is 0. The first-order valence-electron chi connectivity index (χ1n) is 5.22. The summed E-state index contributed by atoms with van der Waals surface area (Å²) in [4.78, 5) is 3.96. The molecule has 0 saturated carbocycles. The zero-order chi connectivity index (χ0) is 12.1. The number of nitrogens with one attached hydrogen (secondary N) is 1. The minimum Gasteiger partial charge on any atom is -0.277 e. The molecular formula is C13H12ClN3. The molecule has 0 saturated heterocycles. The van der Waals surface area contributed by atoms with Crippen molar-refractivity contribution >= 4 is 23.0 Å². The molecule has 0 bridgehead atoms. The van der Waals surface area contributed by atoms with E-state index in [2.05, 4.69) is 15.5 Å². The Labute approximate surface area is 105 Å². The summed E-state index contributed by atoms with van der Waals surface area (Å²) >= 11 is 6.01. The molecule has 0 aliphatic carbocycles. The molecule has 1 aromatic carbocycles. The first-order valence-corrected chi connectivity index (χ1v) is 5.60. The van der Waals surface area contributed by atoms with Gasteiger partial charge in [0.15, 0.2) is 0 Å². The van der Waals surface area contributed by atoms with E-state index in [1.807, 2.05) is 43.3 Å².